The predicted molar refractivity (Wildman–Crippen MR) is 244 cm³/mol. The van der Waals surface area contributed by atoms with Gasteiger partial charge in [0.2, 0.25) is 0 Å². The highest BCUT2D eigenvalue weighted by molar-refractivity contribution is 6.10. The Morgan fingerprint density at radius 3 is 1.39 bits per heavy atom. The highest BCUT2D eigenvalue weighted by Crippen LogP contribution is 2.39. The Morgan fingerprint density at radius 1 is 0.271 bits per heavy atom. The van der Waals surface area contributed by atoms with Crippen LogP contribution < -0.4 is 0 Å². The fourth-order valence-electron chi connectivity index (χ4n) is 8.42. The summed E-state index contributed by atoms with van der Waals surface area (Å²) in [6, 6.07) is 77.0. The number of nitrogens with zero attached hydrogens (tertiary/aromatic N) is 4. The monoisotopic (exact) mass is 752 g/mol. The van der Waals surface area contributed by atoms with Crippen LogP contribution in [0.4, 0.5) is 0 Å². The molecule has 11 aromatic rings. The Morgan fingerprint density at radius 2 is 0.729 bits per heavy atom. The van der Waals surface area contributed by atoms with Gasteiger partial charge in [-0.15, -0.1) is 0 Å². The molecule has 59 heavy (non-hydrogen) atoms. The SMILES string of the molecule is c1ccc(-c2cccc(-c3nc(-c4ccc(-c5cccc(-c6ccccc6)c5)c(-n5c6ccccc6c6ccccc65)c4)nc(-c4cccc5ccccc45)n3)c2)cc1. The molecule has 2 heterocycles. The van der Waals surface area contributed by atoms with Crippen LogP contribution >= 0.6 is 0 Å². The highest BCUT2D eigenvalue weighted by atomic mass is 15.0. The van der Waals surface area contributed by atoms with Gasteiger partial charge in [0.05, 0.1) is 16.7 Å². The van der Waals surface area contributed by atoms with Gasteiger partial charge in [0, 0.05) is 33.0 Å². The number of benzene rings is 9. The van der Waals surface area contributed by atoms with Crippen molar-refractivity contribution in [1.82, 2.24) is 19.5 Å². The van der Waals surface area contributed by atoms with Crippen LogP contribution in [0.25, 0.3) is 106 Å². The molecule has 0 spiro atoms. The summed E-state index contributed by atoms with van der Waals surface area (Å²) < 4.78 is 2.40. The lowest BCUT2D eigenvalue weighted by atomic mass is 9.96. The van der Waals surface area contributed by atoms with Crippen LogP contribution in [0.3, 0.4) is 0 Å². The third kappa shape index (κ3) is 6.24. The number of rotatable bonds is 7. The second-order valence-electron chi connectivity index (χ2n) is 14.8. The molecule has 0 saturated heterocycles. The normalized spacial score (nSPS) is 11.4. The van der Waals surface area contributed by atoms with Gasteiger partial charge in [-0.25, -0.2) is 15.0 Å². The van der Waals surface area contributed by atoms with E-state index in [-0.39, 0.29) is 0 Å². The third-order valence-corrected chi connectivity index (χ3v) is 11.3. The molecule has 9 aromatic carbocycles. The van der Waals surface area contributed by atoms with Crippen LogP contribution in [0.5, 0.6) is 0 Å². The van der Waals surface area contributed by atoms with Crippen LogP contribution in [-0.2, 0) is 0 Å². The maximum atomic E-state index is 5.30. The Bertz CT molecular complexity index is 3270. The van der Waals surface area contributed by atoms with Crippen LogP contribution in [-0.4, -0.2) is 19.5 Å². The van der Waals surface area contributed by atoms with Crippen molar-refractivity contribution in [3.63, 3.8) is 0 Å². The van der Waals surface area contributed by atoms with Gasteiger partial charge in [-0.1, -0.05) is 188 Å². The summed E-state index contributed by atoms with van der Waals surface area (Å²) in [5, 5.41) is 4.64. The molecule has 2 aromatic heterocycles. The first kappa shape index (κ1) is 34.3. The maximum Gasteiger partial charge on any atom is 0.164 e. The minimum atomic E-state index is 0.606. The number of hydrogen-bond donors (Lipinski definition) is 0. The largest absolute Gasteiger partial charge is 0.309 e. The van der Waals surface area contributed by atoms with E-state index in [1.807, 2.05) is 6.07 Å². The summed E-state index contributed by atoms with van der Waals surface area (Å²) in [6.45, 7) is 0. The standard InChI is InChI=1S/C55H36N4/c1-3-16-37(17-4-1)40-22-13-24-42(34-40)46-33-32-44(36-52(46)59-50-30-11-9-27-47(50)48-28-10-12-31-51(48)59)54-56-53(43-25-14-23-41(35-43)38-18-5-2-6-19-38)57-55(58-54)49-29-15-21-39-20-7-8-26-45(39)49/h1-36H. The maximum absolute atomic E-state index is 5.30. The third-order valence-electron chi connectivity index (χ3n) is 11.3. The number of fused-ring (bicyclic) bond motifs is 4. The van der Waals surface area contributed by atoms with Crippen LogP contribution in [0.1, 0.15) is 0 Å². The zero-order valence-corrected chi connectivity index (χ0v) is 32.1. The van der Waals surface area contributed by atoms with Crippen molar-refractivity contribution in [3.05, 3.63) is 218 Å². The molecule has 276 valence electrons. The van der Waals surface area contributed by atoms with Gasteiger partial charge in [-0.05, 0) is 68.9 Å². The van der Waals surface area contributed by atoms with E-state index < -0.39 is 0 Å². The molecule has 11 rings (SSSR count). The average molecular weight is 753 g/mol. The van der Waals surface area contributed by atoms with Gasteiger partial charge in [-0.3, -0.25) is 0 Å². The second-order valence-corrected chi connectivity index (χ2v) is 14.8. The molecule has 0 unspecified atom stereocenters. The first-order chi connectivity index (χ1) is 29.2. The Kier molecular flexibility index (Phi) is 8.45. The lowest BCUT2D eigenvalue weighted by Gasteiger charge is -2.17. The molecule has 0 N–H and O–H groups in total. The van der Waals surface area contributed by atoms with Crippen LogP contribution in [0.15, 0.2) is 218 Å². The van der Waals surface area contributed by atoms with Gasteiger partial charge >= 0.3 is 0 Å². The number of para-hydroxylation sites is 2. The fraction of sp³-hybridized carbons (Fsp3) is 0. The van der Waals surface area contributed by atoms with E-state index in [4.69, 9.17) is 15.0 Å². The minimum absolute atomic E-state index is 0.606. The highest BCUT2D eigenvalue weighted by Gasteiger charge is 2.20. The van der Waals surface area contributed by atoms with Gasteiger partial charge in [0.25, 0.3) is 0 Å². The van der Waals surface area contributed by atoms with E-state index in [0.29, 0.717) is 17.5 Å². The van der Waals surface area contributed by atoms with Crippen molar-refractivity contribution in [2.24, 2.45) is 0 Å². The van der Waals surface area contributed by atoms with Gasteiger partial charge < -0.3 is 4.57 Å². The van der Waals surface area contributed by atoms with Crippen LogP contribution in [0, 0.1) is 0 Å². The van der Waals surface area contributed by atoms with Crippen LogP contribution in [0.2, 0.25) is 0 Å². The molecule has 0 bridgehead atoms. The molecule has 4 nitrogen and oxygen atoms in total. The van der Waals surface area contributed by atoms with Crippen molar-refractivity contribution in [1.29, 1.82) is 0 Å². The molecule has 0 aliphatic heterocycles. The van der Waals surface area contributed by atoms with E-state index in [9.17, 15) is 0 Å². The van der Waals surface area contributed by atoms with E-state index in [1.165, 1.54) is 21.9 Å². The topological polar surface area (TPSA) is 43.6 Å². The van der Waals surface area contributed by atoms with Crippen molar-refractivity contribution in [2.45, 2.75) is 0 Å². The van der Waals surface area contributed by atoms with Crippen molar-refractivity contribution < 1.29 is 0 Å². The van der Waals surface area contributed by atoms with E-state index in [0.717, 1.165) is 66.4 Å². The fourth-order valence-corrected chi connectivity index (χ4v) is 8.42. The Balaban J connectivity index is 1.16. The van der Waals surface area contributed by atoms with Crippen molar-refractivity contribution >= 4 is 32.6 Å². The number of hydrogen-bond acceptors (Lipinski definition) is 3. The van der Waals surface area contributed by atoms with E-state index in [2.05, 4.69) is 217 Å². The molecular weight excluding hydrogens is 717 g/mol. The first-order valence-corrected chi connectivity index (χ1v) is 19.9. The molecule has 4 heteroatoms. The lowest BCUT2D eigenvalue weighted by molar-refractivity contribution is 1.07. The summed E-state index contributed by atoms with van der Waals surface area (Å²) in [6.07, 6.45) is 0. The first-order valence-electron chi connectivity index (χ1n) is 19.9. The molecule has 0 aliphatic carbocycles. The Labute approximate surface area is 342 Å². The zero-order valence-electron chi connectivity index (χ0n) is 32.1. The summed E-state index contributed by atoms with van der Waals surface area (Å²) >= 11 is 0. The lowest BCUT2D eigenvalue weighted by Crippen LogP contribution is -2.02. The molecule has 0 saturated carbocycles. The smallest absolute Gasteiger partial charge is 0.164 e. The molecule has 0 fully saturated rings. The quantitative estimate of drug-likeness (QED) is 0.163. The zero-order chi connectivity index (χ0) is 39.1. The summed E-state index contributed by atoms with van der Waals surface area (Å²) in [7, 11) is 0. The minimum Gasteiger partial charge on any atom is -0.309 e. The van der Waals surface area contributed by atoms with Crippen molar-refractivity contribution in [2.75, 3.05) is 0 Å². The number of aromatic nitrogens is 4. The van der Waals surface area contributed by atoms with Crippen molar-refractivity contribution in [3.8, 4) is 73.2 Å². The average Bonchev–Trinajstić information content (AvgIpc) is 3.66. The van der Waals surface area contributed by atoms with Gasteiger partial charge in [-0.2, -0.15) is 0 Å². The molecule has 0 radical (unpaired) electrons. The van der Waals surface area contributed by atoms with Gasteiger partial charge in [0.15, 0.2) is 17.5 Å². The molecule has 0 aliphatic rings. The summed E-state index contributed by atoms with van der Waals surface area (Å²) in [5.41, 5.74) is 12.9. The van der Waals surface area contributed by atoms with E-state index in [1.54, 1.807) is 0 Å². The predicted octanol–water partition coefficient (Wildman–Crippen LogP) is 14.1. The Hall–Kier alpha value is -7.95. The van der Waals surface area contributed by atoms with Gasteiger partial charge in [0.1, 0.15) is 0 Å². The molecule has 0 amide bonds. The van der Waals surface area contributed by atoms with E-state index >= 15 is 0 Å². The summed E-state index contributed by atoms with van der Waals surface area (Å²) in [5.74, 6) is 1.85. The summed E-state index contributed by atoms with van der Waals surface area (Å²) in [4.78, 5) is 15.8. The second kappa shape index (κ2) is 14.5. The molecular formula is C55H36N4. The molecule has 0 atom stereocenters.